The third kappa shape index (κ3) is 1.71. The van der Waals surface area contributed by atoms with Crippen molar-refractivity contribution in [3.8, 4) is 0 Å². The minimum absolute atomic E-state index is 0.295. The maximum atomic E-state index is 9.96. The Morgan fingerprint density at radius 3 is 2.44 bits per heavy atom. The third-order valence-electron chi connectivity index (χ3n) is 1.67. The highest BCUT2D eigenvalue weighted by molar-refractivity contribution is 7.17. The predicted octanol–water partition coefficient (Wildman–Crippen LogP) is 1.44. The van der Waals surface area contributed by atoms with Crippen molar-refractivity contribution in [2.24, 2.45) is 5.73 Å². The molecule has 0 spiro atoms. The van der Waals surface area contributed by atoms with E-state index in [9.17, 15) is 4.57 Å². The average Bonchev–Trinajstić information content (AvgIpc) is 2.16. The van der Waals surface area contributed by atoms with E-state index in [0.717, 1.165) is 25.7 Å². The minimum Gasteiger partial charge on any atom is -0.303 e. The lowest BCUT2D eigenvalue weighted by atomic mass is 10.2. The summed E-state index contributed by atoms with van der Waals surface area (Å²) < 4.78 is 14.7. The number of hydrogen-bond donors (Lipinski definition) is 1. The highest BCUT2D eigenvalue weighted by atomic mass is 31.1. The SMILES string of the molecule is NC1(OP=O)CCCC1. The summed E-state index contributed by atoms with van der Waals surface area (Å²) >= 11 is 0. The molecule has 1 rings (SSSR count). The van der Waals surface area contributed by atoms with Crippen LogP contribution < -0.4 is 5.73 Å². The van der Waals surface area contributed by atoms with E-state index in [1.54, 1.807) is 0 Å². The van der Waals surface area contributed by atoms with Crippen LogP contribution in [0.15, 0.2) is 0 Å². The van der Waals surface area contributed by atoms with Gasteiger partial charge in [-0.2, -0.15) is 0 Å². The Morgan fingerprint density at radius 2 is 2.00 bits per heavy atom. The van der Waals surface area contributed by atoms with Crippen molar-refractivity contribution < 1.29 is 9.09 Å². The van der Waals surface area contributed by atoms with Crippen molar-refractivity contribution in [3.05, 3.63) is 0 Å². The Bertz CT molecular complexity index is 112. The van der Waals surface area contributed by atoms with Crippen LogP contribution in [-0.2, 0) is 9.09 Å². The molecule has 4 heteroatoms. The van der Waals surface area contributed by atoms with Gasteiger partial charge in [0.25, 0.3) is 0 Å². The van der Waals surface area contributed by atoms with E-state index in [4.69, 9.17) is 10.3 Å². The summed E-state index contributed by atoms with van der Waals surface area (Å²) in [6, 6.07) is 0. The fraction of sp³-hybridized carbons (Fsp3) is 1.00. The van der Waals surface area contributed by atoms with Crippen LogP contribution in [0.25, 0.3) is 0 Å². The molecule has 0 aromatic carbocycles. The molecular formula is C5H10NO2P. The largest absolute Gasteiger partial charge is 0.329 e. The molecule has 0 heterocycles. The highest BCUT2D eigenvalue weighted by Crippen LogP contribution is 2.30. The zero-order chi connectivity index (χ0) is 6.74. The van der Waals surface area contributed by atoms with Gasteiger partial charge >= 0.3 is 8.69 Å². The molecule has 0 saturated heterocycles. The Hall–Kier alpha value is 0.0200. The molecule has 0 aliphatic heterocycles. The van der Waals surface area contributed by atoms with E-state index < -0.39 is 5.72 Å². The van der Waals surface area contributed by atoms with E-state index in [-0.39, 0.29) is 8.69 Å². The topological polar surface area (TPSA) is 52.3 Å². The van der Waals surface area contributed by atoms with E-state index in [1.807, 2.05) is 0 Å². The molecular weight excluding hydrogens is 137 g/mol. The summed E-state index contributed by atoms with van der Waals surface area (Å²) in [7, 11) is -0.295. The van der Waals surface area contributed by atoms with Crippen LogP contribution in [0.4, 0.5) is 0 Å². The minimum atomic E-state index is -0.580. The van der Waals surface area contributed by atoms with Crippen molar-refractivity contribution >= 4 is 8.69 Å². The van der Waals surface area contributed by atoms with Crippen molar-refractivity contribution in [1.82, 2.24) is 0 Å². The van der Waals surface area contributed by atoms with Gasteiger partial charge in [-0.05, 0) is 25.7 Å². The normalized spacial score (nSPS) is 25.0. The second kappa shape index (κ2) is 2.74. The first-order chi connectivity index (χ1) is 4.27. The fourth-order valence-corrected chi connectivity index (χ4v) is 1.47. The molecule has 0 radical (unpaired) electrons. The van der Waals surface area contributed by atoms with Gasteiger partial charge in [-0.15, -0.1) is 0 Å². The van der Waals surface area contributed by atoms with Crippen LogP contribution >= 0.6 is 8.69 Å². The molecule has 9 heavy (non-hydrogen) atoms. The van der Waals surface area contributed by atoms with Crippen LogP contribution in [-0.4, -0.2) is 5.72 Å². The molecule has 0 bridgehead atoms. The molecule has 52 valence electrons. The van der Waals surface area contributed by atoms with Gasteiger partial charge in [-0.1, -0.05) is 0 Å². The maximum absolute atomic E-state index is 9.96. The van der Waals surface area contributed by atoms with Gasteiger partial charge in [-0.3, -0.25) is 4.52 Å². The molecule has 0 unspecified atom stereocenters. The van der Waals surface area contributed by atoms with Crippen LogP contribution in [0.2, 0.25) is 0 Å². The number of rotatable bonds is 2. The van der Waals surface area contributed by atoms with Gasteiger partial charge in [0.2, 0.25) is 0 Å². The Labute approximate surface area is 55.9 Å². The Balaban J connectivity index is 2.40. The van der Waals surface area contributed by atoms with Gasteiger partial charge < -0.3 is 5.73 Å². The second-order valence-electron chi connectivity index (χ2n) is 2.44. The second-order valence-corrected chi connectivity index (χ2v) is 2.77. The van der Waals surface area contributed by atoms with Gasteiger partial charge in [0.05, 0.1) is 0 Å². The molecule has 0 amide bonds. The van der Waals surface area contributed by atoms with E-state index >= 15 is 0 Å². The standard InChI is InChI=1S/C5H10NO2P/c6-5(8-9-7)3-1-2-4-5/h1-4,6H2. The molecule has 0 aromatic heterocycles. The molecule has 3 nitrogen and oxygen atoms in total. The zero-order valence-corrected chi connectivity index (χ0v) is 6.06. The summed E-state index contributed by atoms with van der Waals surface area (Å²) in [4.78, 5) is 0. The lowest BCUT2D eigenvalue weighted by molar-refractivity contribution is 0.100. The Morgan fingerprint density at radius 1 is 1.44 bits per heavy atom. The summed E-state index contributed by atoms with van der Waals surface area (Å²) in [6.07, 6.45) is 3.85. The predicted molar refractivity (Wildman–Crippen MR) is 34.1 cm³/mol. The quantitative estimate of drug-likeness (QED) is 0.475. The van der Waals surface area contributed by atoms with Gasteiger partial charge in [0.1, 0.15) is 5.72 Å². The first-order valence-electron chi connectivity index (χ1n) is 3.07. The van der Waals surface area contributed by atoms with Gasteiger partial charge in [0, 0.05) is 0 Å². The number of nitrogens with two attached hydrogens (primary N) is 1. The lowest BCUT2D eigenvalue weighted by Crippen LogP contribution is -2.36. The summed E-state index contributed by atoms with van der Waals surface area (Å²) in [6.45, 7) is 0. The van der Waals surface area contributed by atoms with E-state index in [2.05, 4.69) is 0 Å². The van der Waals surface area contributed by atoms with Crippen molar-refractivity contribution in [2.75, 3.05) is 0 Å². The molecule has 1 aliphatic carbocycles. The summed E-state index contributed by atoms with van der Waals surface area (Å²) in [5.41, 5.74) is 5.06. The molecule has 1 fully saturated rings. The van der Waals surface area contributed by atoms with Crippen LogP contribution in [0.1, 0.15) is 25.7 Å². The first-order valence-corrected chi connectivity index (χ1v) is 3.80. The van der Waals surface area contributed by atoms with E-state index in [0.29, 0.717) is 0 Å². The molecule has 1 aliphatic rings. The summed E-state index contributed by atoms with van der Waals surface area (Å²) in [5, 5.41) is 0. The maximum Gasteiger partial charge on any atom is 0.329 e. The highest BCUT2D eigenvalue weighted by Gasteiger charge is 2.30. The molecule has 0 atom stereocenters. The van der Waals surface area contributed by atoms with Crippen molar-refractivity contribution in [3.63, 3.8) is 0 Å². The molecule has 0 aromatic rings. The first kappa shape index (κ1) is 7.13. The van der Waals surface area contributed by atoms with Crippen LogP contribution in [0.5, 0.6) is 0 Å². The van der Waals surface area contributed by atoms with E-state index in [1.165, 1.54) is 0 Å². The van der Waals surface area contributed by atoms with Crippen molar-refractivity contribution in [2.45, 2.75) is 31.4 Å². The molecule has 1 saturated carbocycles. The monoisotopic (exact) mass is 147 g/mol. The van der Waals surface area contributed by atoms with Crippen molar-refractivity contribution in [1.29, 1.82) is 0 Å². The summed E-state index contributed by atoms with van der Waals surface area (Å²) in [5.74, 6) is 0. The lowest BCUT2D eigenvalue weighted by Gasteiger charge is -2.17. The van der Waals surface area contributed by atoms with Crippen LogP contribution in [0, 0.1) is 0 Å². The fourth-order valence-electron chi connectivity index (χ4n) is 1.14. The molecule has 2 N–H and O–H groups in total. The van der Waals surface area contributed by atoms with Crippen LogP contribution in [0.3, 0.4) is 0 Å². The smallest absolute Gasteiger partial charge is 0.303 e. The average molecular weight is 147 g/mol. The Kier molecular flexibility index (Phi) is 2.17. The van der Waals surface area contributed by atoms with Gasteiger partial charge in [0.15, 0.2) is 0 Å². The zero-order valence-electron chi connectivity index (χ0n) is 5.17. The number of hydrogen-bond acceptors (Lipinski definition) is 3. The van der Waals surface area contributed by atoms with Gasteiger partial charge in [-0.25, -0.2) is 4.57 Å². The third-order valence-corrected chi connectivity index (χ3v) is 2.11.